The second kappa shape index (κ2) is 6.33. The monoisotopic (exact) mass is 294 g/mol. The van der Waals surface area contributed by atoms with Crippen molar-refractivity contribution in [2.24, 2.45) is 23.5 Å². The van der Waals surface area contributed by atoms with Gasteiger partial charge in [-0.3, -0.25) is 4.79 Å². The van der Waals surface area contributed by atoms with E-state index in [1.165, 1.54) is 0 Å². The molecule has 4 atom stereocenters. The molecule has 1 fully saturated rings. The maximum Gasteiger partial charge on any atom is 0.406 e. The average molecular weight is 294 g/mol. The summed E-state index contributed by atoms with van der Waals surface area (Å²) in [6.45, 7) is 5.99. The van der Waals surface area contributed by atoms with Crippen molar-refractivity contribution in [2.75, 3.05) is 6.54 Å². The van der Waals surface area contributed by atoms with Crippen LogP contribution in [0.5, 0.6) is 0 Å². The van der Waals surface area contributed by atoms with Gasteiger partial charge in [0.15, 0.2) is 0 Å². The van der Waals surface area contributed by atoms with E-state index in [1.807, 2.05) is 13.8 Å². The molecule has 2 N–H and O–H groups in total. The number of alkyl halides is 3. The molecular weight excluding hydrogens is 269 g/mol. The average Bonchev–Trinajstić information content (AvgIpc) is 2.28. The molecule has 1 amide bonds. The number of nitrogens with zero attached hydrogens (tertiary/aromatic N) is 1. The molecule has 0 aromatic rings. The SMILES string of the molecule is CC1CC(C)C(C(=O)N(CC(F)(F)F)C(C)C)CC1N. The zero-order valence-electron chi connectivity index (χ0n) is 12.6. The lowest BCUT2D eigenvalue weighted by atomic mass is 9.72. The molecule has 6 heteroatoms. The third kappa shape index (κ3) is 4.36. The summed E-state index contributed by atoms with van der Waals surface area (Å²) in [6.07, 6.45) is -3.11. The van der Waals surface area contributed by atoms with Crippen molar-refractivity contribution in [3.8, 4) is 0 Å². The van der Waals surface area contributed by atoms with E-state index in [-0.39, 0.29) is 12.0 Å². The van der Waals surface area contributed by atoms with Gasteiger partial charge < -0.3 is 10.6 Å². The van der Waals surface area contributed by atoms with Crippen molar-refractivity contribution in [2.45, 2.75) is 58.8 Å². The van der Waals surface area contributed by atoms with Gasteiger partial charge in [-0.05, 0) is 38.5 Å². The summed E-state index contributed by atoms with van der Waals surface area (Å²) in [7, 11) is 0. The number of carbonyl (C=O) groups excluding carboxylic acids is 1. The van der Waals surface area contributed by atoms with Crippen LogP contribution in [0.25, 0.3) is 0 Å². The molecule has 118 valence electrons. The first-order valence-corrected chi connectivity index (χ1v) is 7.15. The highest BCUT2D eigenvalue weighted by atomic mass is 19.4. The predicted molar refractivity (Wildman–Crippen MR) is 71.9 cm³/mol. The summed E-state index contributed by atoms with van der Waals surface area (Å²) in [4.78, 5) is 13.4. The molecule has 0 radical (unpaired) electrons. The van der Waals surface area contributed by atoms with E-state index in [1.54, 1.807) is 13.8 Å². The van der Waals surface area contributed by atoms with E-state index < -0.39 is 30.6 Å². The minimum absolute atomic E-state index is 0.0757. The molecule has 20 heavy (non-hydrogen) atoms. The highest BCUT2D eigenvalue weighted by molar-refractivity contribution is 5.79. The minimum Gasteiger partial charge on any atom is -0.331 e. The van der Waals surface area contributed by atoms with Crippen LogP contribution in [0.15, 0.2) is 0 Å². The van der Waals surface area contributed by atoms with Crippen molar-refractivity contribution >= 4 is 5.91 Å². The highest BCUT2D eigenvalue weighted by Crippen LogP contribution is 2.35. The summed E-state index contributed by atoms with van der Waals surface area (Å²) >= 11 is 0. The zero-order chi connectivity index (χ0) is 15.7. The Morgan fingerprint density at radius 1 is 1.25 bits per heavy atom. The quantitative estimate of drug-likeness (QED) is 0.870. The summed E-state index contributed by atoms with van der Waals surface area (Å²) in [5.74, 6) is -0.422. The molecule has 0 saturated heterocycles. The Morgan fingerprint density at radius 3 is 2.25 bits per heavy atom. The largest absolute Gasteiger partial charge is 0.406 e. The highest BCUT2D eigenvalue weighted by Gasteiger charge is 2.41. The maximum atomic E-state index is 12.6. The van der Waals surface area contributed by atoms with Gasteiger partial charge in [-0.25, -0.2) is 0 Å². The molecule has 0 spiro atoms. The van der Waals surface area contributed by atoms with Crippen LogP contribution in [0, 0.1) is 17.8 Å². The van der Waals surface area contributed by atoms with Gasteiger partial charge in [0.05, 0.1) is 0 Å². The molecule has 4 unspecified atom stereocenters. The van der Waals surface area contributed by atoms with Gasteiger partial charge in [0.25, 0.3) is 0 Å². The third-order valence-corrected chi connectivity index (χ3v) is 4.26. The van der Waals surface area contributed by atoms with Gasteiger partial charge in [-0.1, -0.05) is 13.8 Å². The molecular formula is C14H25F3N2O. The van der Waals surface area contributed by atoms with Gasteiger partial charge in [-0.15, -0.1) is 0 Å². The topological polar surface area (TPSA) is 46.3 Å². The van der Waals surface area contributed by atoms with Crippen LogP contribution in [0.4, 0.5) is 13.2 Å². The second-order valence-corrected chi connectivity index (χ2v) is 6.37. The van der Waals surface area contributed by atoms with E-state index in [4.69, 9.17) is 5.73 Å². The smallest absolute Gasteiger partial charge is 0.331 e. The lowest BCUT2D eigenvalue weighted by molar-refractivity contribution is -0.169. The first-order chi connectivity index (χ1) is 9.03. The van der Waals surface area contributed by atoms with Gasteiger partial charge >= 0.3 is 6.18 Å². The predicted octanol–water partition coefficient (Wildman–Crippen LogP) is 2.80. The molecule has 3 nitrogen and oxygen atoms in total. The van der Waals surface area contributed by atoms with Crippen LogP contribution in [0.1, 0.15) is 40.5 Å². The Kier molecular flexibility index (Phi) is 5.46. The van der Waals surface area contributed by atoms with Crippen LogP contribution in [0.3, 0.4) is 0 Å². The fourth-order valence-electron chi connectivity index (χ4n) is 2.95. The number of amides is 1. The Labute approximate surface area is 118 Å². The molecule has 1 saturated carbocycles. The number of halogens is 3. The molecule has 0 heterocycles. The summed E-state index contributed by atoms with van der Waals surface area (Å²) in [5.41, 5.74) is 5.98. The van der Waals surface area contributed by atoms with E-state index in [9.17, 15) is 18.0 Å². The molecule has 0 aliphatic heterocycles. The van der Waals surface area contributed by atoms with Crippen LogP contribution in [-0.4, -0.2) is 35.6 Å². The van der Waals surface area contributed by atoms with Gasteiger partial charge in [0, 0.05) is 18.0 Å². The Balaban J connectivity index is 2.84. The van der Waals surface area contributed by atoms with E-state index in [0.29, 0.717) is 12.3 Å². The lowest BCUT2D eigenvalue weighted by Gasteiger charge is -2.39. The number of rotatable bonds is 3. The molecule has 1 rings (SSSR count). The molecule has 0 aromatic carbocycles. The normalized spacial score (nSPS) is 31.4. The summed E-state index contributed by atoms with van der Waals surface area (Å²) < 4.78 is 37.8. The van der Waals surface area contributed by atoms with Crippen molar-refractivity contribution in [1.29, 1.82) is 0 Å². The van der Waals surface area contributed by atoms with Gasteiger partial charge in [0.1, 0.15) is 6.54 Å². The summed E-state index contributed by atoms with van der Waals surface area (Å²) in [5, 5.41) is 0. The Hall–Kier alpha value is -0.780. The number of nitrogens with two attached hydrogens (primary N) is 1. The lowest BCUT2D eigenvalue weighted by Crippen LogP contribution is -2.50. The Morgan fingerprint density at radius 2 is 1.80 bits per heavy atom. The van der Waals surface area contributed by atoms with Gasteiger partial charge in [0.2, 0.25) is 5.91 Å². The van der Waals surface area contributed by atoms with E-state index in [2.05, 4.69) is 0 Å². The van der Waals surface area contributed by atoms with Crippen molar-refractivity contribution in [3.05, 3.63) is 0 Å². The van der Waals surface area contributed by atoms with Crippen molar-refractivity contribution in [3.63, 3.8) is 0 Å². The fraction of sp³-hybridized carbons (Fsp3) is 0.929. The van der Waals surface area contributed by atoms with Crippen LogP contribution >= 0.6 is 0 Å². The first-order valence-electron chi connectivity index (χ1n) is 7.15. The van der Waals surface area contributed by atoms with E-state index in [0.717, 1.165) is 11.3 Å². The first kappa shape index (κ1) is 17.3. The zero-order valence-corrected chi connectivity index (χ0v) is 12.6. The Bertz CT molecular complexity index is 344. The molecule has 1 aliphatic carbocycles. The standard InChI is InChI=1S/C14H25F3N2O/c1-8(2)19(7-14(15,16)17)13(20)11-6-12(18)10(4)5-9(11)3/h8-12H,5-7,18H2,1-4H3. The van der Waals surface area contributed by atoms with Crippen LogP contribution in [0.2, 0.25) is 0 Å². The van der Waals surface area contributed by atoms with E-state index >= 15 is 0 Å². The van der Waals surface area contributed by atoms with Crippen LogP contribution in [-0.2, 0) is 4.79 Å². The van der Waals surface area contributed by atoms with Crippen molar-refractivity contribution < 1.29 is 18.0 Å². The minimum atomic E-state index is -4.37. The van der Waals surface area contributed by atoms with Crippen molar-refractivity contribution in [1.82, 2.24) is 4.90 Å². The summed E-state index contributed by atoms with van der Waals surface area (Å²) in [6, 6.07) is -0.577. The number of hydrogen-bond acceptors (Lipinski definition) is 2. The second-order valence-electron chi connectivity index (χ2n) is 6.37. The third-order valence-electron chi connectivity index (χ3n) is 4.26. The number of carbonyl (C=O) groups is 1. The van der Waals surface area contributed by atoms with Gasteiger partial charge in [-0.2, -0.15) is 13.2 Å². The molecule has 1 aliphatic rings. The molecule has 0 aromatic heterocycles. The number of hydrogen-bond donors (Lipinski definition) is 1. The van der Waals surface area contributed by atoms with Crippen LogP contribution < -0.4 is 5.73 Å². The fourth-order valence-corrected chi connectivity index (χ4v) is 2.95. The maximum absolute atomic E-state index is 12.6. The molecule has 0 bridgehead atoms.